The first-order valence-electron chi connectivity index (χ1n) is 4.55. The molecule has 1 atom stereocenters. The second-order valence-corrected chi connectivity index (χ2v) is 3.45. The van der Waals surface area contributed by atoms with Gasteiger partial charge in [0.1, 0.15) is 11.5 Å². The molecule has 3 nitrogen and oxygen atoms in total. The number of hydrogen-bond acceptors (Lipinski definition) is 2. The van der Waals surface area contributed by atoms with Crippen LogP contribution in [0.15, 0.2) is 18.3 Å². The Bertz CT molecular complexity index is 450. The minimum absolute atomic E-state index is 0.243. The summed E-state index contributed by atoms with van der Waals surface area (Å²) in [5.74, 6) is -0.0734. The lowest BCUT2D eigenvalue weighted by Crippen LogP contribution is -2.08. The zero-order valence-corrected chi connectivity index (χ0v) is 7.92. The molecule has 0 spiro atoms. The topological polar surface area (TPSA) is 54.7 Å². The second kappa shape index (κ2) is 3.38. The van der Waals surface area contributed by atoms with E-state index in [2.05, 4.69) is 9.97 Å². The molecule has 0 aliphatic rings. The smallest absolute Gasteiger partial charge is 0.142 e. The number of nitrogens with one attached hydrogen (secondary N) is 1. The van der Waals surface area contributed by atoms with Crippen molar-refractivity contribution in [2.24, 2.45) is 5.73 Å². The van der Waals surface area contributed by atoms with Gasteiger partial charge in [0.15, 0.2) is 0 Å². The number of pyridine rings is 1. The zero-order valence-electron chi connectivity index (χ0n) is 7.92. The molecule has 0 saturated carbocycles. The van der Waals surface area contributed by atoms with E-state index in [0.29, 0.717) is 12.2 Å². The molecule has 0 amide bonds. The van der Waals surface area contributed by atoms with Crippen LogP contribution in [0.2, 0.25) is 0 Å². The summed E-state index contributed by atoms with van der Waals surface area (Å²) in [6.45, 7) is 2.58. The summed E-state index contributed by atoms with van der Waals surface area (Å²) in [7, 11) is 0. The maximum Gasteiger partial charge on any atom is 0.142 e. The number of aromatic amines is 1. The predicted octanol–water partition coefficient (Wildman–Crippen LogP) is 1.76. The van der Waals surface area contributed by atoms with Crippen LogP contribution < -0.4 is 5.73 Å². The summed E-state index contributed by atoms with van der Waals surface area (Å²) in [6, 6.07) is 3.36. The maximum absolute atomic E-state index is 12.8. The minimum Gasteiger partial charge on any atom is -0.343 e. The molecule has 0 aliphatic heterocycles. The van der Waals surface area contributed by atoms with Gasteiger partial charge in [-0.25, -0.2) is 9.37 Å². The van der Waals surface area contributed by atoms with Crippen molar-refractivity contribution in [1.29, 1.82) is 0 Å². The number of nitrogens with two attached hydrogens (primary N) is 1. The van der Waals surface area contributed by atoms with E-state index >= 15 is 0 Å². The fourth-order valence-electron chi connectivity index (χ4n) is 1.40. The van der Waals surface area contributed by atoms with Gasteiger partial charge in [-0.3, -0.25) is 0 Å². The van der Waals surface area contributed by atoms with E-state index in [0.717, 1.165) is 11.1 Å². The molecular weight excluding hydrogens is 181 g/mol. The number of halogens is 1. The summed E-state index contributed by atoms with van der Waals surface area (Å²) in [5, 5.41) is 0.792. The van der Waals surface area contributed by atoms with Crippen molar-refractivity contribution in [1.82, 2.24) is 9.97 Å². The van der Waals surface area contributed by atoms with Crippen LogP contribution in [0.25, 0.3) is 11.0 Å². The Balaban J connectivity index is 2.51. The fraction of sp³-hybridized carbons (Fsp3) is 0.300. The highest BCUT2D eigenvalue weighted by atomic mass is 19.1. The monoisotopic (exact) mass is 193 g/mol. The van der Waals surface area contributed by atoms with E-state index in [1.54, 1.807) is 0 Å². The van der Waals surface area contributed by atoms with Crippen molar-refractivity contribution < 1.29 is 4.39 Å². The average Bonchev–Trinajstić information content (AvgIpc) is 2.59. The van der Waals surface area contributed by atoms with Gasteiger partial charge in [0.2, 0.25) is 0 Å². The van der Waals surface area contributed by atoms with Crippen molar-refractivity contribution >= 4 is 11.0 Å². The number of rotatable bonds is 2. The van der Waals surface area contributed by atoms with Gasteiger partial charge in [0.05, 0.1) is 6.20 Å². The molecule has 14 heavy (non-hydrogen) atoms. The molecular formula is C10H12FN3. The van der Waals surface area contributed by atoms with E-state index in [1.165, 1.54) is 12.3 Å². The van der Waals surface area contributed by atoms with E-state index in [-0.39, 0.29) is 11.7 Å². The summed E-state index contributed by atoms with van der Waals surface area (Å²) in [6.07, 6.45) is 1.20. The van der Waals surface area contributed by atoms with E-state index < -0.39 is 0 Å². The van der Waals surface area contributed by atoms with Crippen molar-refractivity contribution in [3.63, 3.8) is 0 Å². The quantitative estimate of drug-likeness (QED) is 0.763. The summed E-state index contributed by atoms with van der Waals surface area (Å²) >= 11 is 0. The Morgan fingerprint density at radius 3 is 3.07 bits per heavy atom. The van der Waals surface area contributed by atoms with E-state index in [1.807, 2.05) is 13.0 Å². The normalized spacial score (nSPS) is 13.4. The van der Waals surface area contributed by atoms with Crippen LogP contribution in [0.5, 0.6) is 0 Å². The van der Waals surface area contributed by atoms with Gasteiger partial charge in [0, 0.05) is 23.5 Å². The Morgan fingerprint density at radius 2 is 2.36 bits per heavy atom. The Hall–Kier alpha value is -1.42. The number of fused-ring (bicyclic) bond motifs is 1. The Labute approximate surface area is 81.1 Å². The van der Waals surface area contributed by atoms with Crippen molar-refractivity contribution in [2.45, 2.75) is 12.8 Å². The standard InChI is InChI=1S/C10H12FN3/c1-6(4-12)9-3-7-2-8(11)5-13-10(7)14-9/h2-3,5-6H,4,12H2,1H3,(H,13,14). The molecule has 74 valence electrons. The van der Waals surface area contributed by atoms with Crippen molar-refractivity contribution in [2.75, 3.05) is 6.54 Å². The van der Waals surface area contributed by atoms with Gasteiger partial charge in [-0.2, -0.15) is 0 Å². The third-order valence-corrected chi connectivity index (χ3v) is 2.34. The Kier molecular flexibility index (Phi) is 2.21. The maximum atomic E-state index is 12.8. The molecule has 0 bridgehead atoms. The largest absolute Gasteiger partial charge is 0.343 e. The molecule has 2 aromatic heterocycles. The van der Waals surface area contributed by atoms with Crippen LogP contribution in [0.1, 0.15) is 18.5 Å². The summed E-state index contributed by atoms with van der Waals surface area (Å²) < 4.78 is 12.8. The highest BCUT2D eigenvalue weighted by molar-refractivity contribution is 5.76. The van der Waals surface area contributed by atoms with Crippen molar-refractivity contribution in [3.8, 4) is 0 Å². The van der Waals surface area contributed by atoms with Crippen LogP contribution in [-0.2, 0) is 0 Å². The van der Waals surface area contributed by atoms with Crippen LogP contribution in [0.3, 0.4) is 0 Å². The highest BCUT2D eigenvalue weighted by Gasteiger charge is 2.08. The third kappa shape index (κ3) is 1.48. The molecule has 0 aromatic carbocycles. The van der Waals surface area contributed by atoms with Crippen LogP contribution in [0.4, 0.5) is 4.39 Å². The zero-order chi connectivity index (χ0) is 10.1. The number of nitrogens with zero attached hydrogens (tertiary/aromatic N) is 1. The lowest BCUT2D eigenvalue weighted by molar-refractivity contribution is 0.624. The SMILES string of the molecule is CC(CN)c1cc2cc(F)cnc2[nH]1. The number of hydrogen-bond donors (Lipinski definition) is 2. The summed E-state index contributed by atoms with van der Waals surface area (Å²) in [5.41, 5.74) is 7.25. The van der Waals surface area contributed by atoms with Gasteiger partial charge in [0.25, 0.3) is 0 Å². The molecule has 2 aromatic rings. The van der Waals surface area contributed by atoms with Gasteiger partial charge in [-0.1, -0.05) is 6.92 Å². The minimum atomic E-state index is -0.316. The average molecular weight is 193 g/mol. The van der Waals surface area contributed by atoms with Crippen LogP contribution >= 0.6 is 0 Å². The van der Waals surface area contributed by atoms with Gasteiger partial charge < -0.3 is 10.7 Å². The first-order chi connectivity index (χ1) is 6.70. The lowest BCUT2D eigenvalue weighted by atomic mass is 10.1. The second-order valence-electron chi connectivity index (χ2n) is 3.45. The summed E-state index contributed by atoms with van der Waals surface area (Å²) in [4.78, 5) is 7.06. The molecule has 3 N–H and O–H groups in total. The number of H-pyrrole nitrogens is 1. The first-order valence-corrected chi connectivity index (χ1v) is 4.55. The van der Waals surface area contributed by atoms with Crippen molar-refractivity contribution in [3.05, 3.63) is 29.8 Å². The lowest BCUT2D eigenvalue weighted by Gasteiger charge is -2.03. The van der Waals surface area contributed by atoms with Gasteiger partial charge >= 0.3 is 0 Å². The van der Waals surface area contributed by atoms with Crippen LogP contribution in [0, 0.1) is 5.82 Å². The molecule has 1 unspecified atom stereocenters. The number of aromatic nitrogens is 2. The fourth-order valence-corrected chi connectivity index (χ4v) is 1.40. The molecule has 0 aliphatic carbocycles. The molecule has 2 heterocycles. The Morgan fingerprint density at radius 1 is 1.57 bits per heavy atom. The van der Waals surface area contributed by atoms with E-state index in [9.17, 15) is 4.39 Å². The van der Waals surface area contributed by atoms with Gasteiger partial charge in [-0.15, -0.1) is 0 Å². The van der Waals surface area contributed by atoms with E-state index in [4.69, 9.17) is 5.73 Å². The van der Waals surface area contributed by atoms with Crippen LogP contribution in [-0.4, -0.2) is 16.5 Å². The molecule has 2 rings (SSSR count). The molecule has 0 saturated heterocycles. The van der Waals surface area contributed by atoms with Gasteiger partial charge in [-0.05, 0) is 12.1 Å². The molecule has 4 heteroatoms. The predicted molar refractivity (Wildman–Crippen MR) is 53.5 cm³/mol. The highest BCUT2D eigenvalue weighted by Crippen LogP contribution is 2.19. The molecule has 0 radical (unpaired) electrons. The first kappa shape index (κ1) is 9.15. The third-order valence-electron chi connectivity index (χ3n) is 2.34. The molecule has 0 fully saturated rings.